The molecule has 1 atom stereocenters. The lowest BCUT2D eigenvalue weighted by molar-refractivity contribution is -0.0674. The molecular formula is C11H18ClNOS. The minimum absolute atomic E-state index is 0.0434. The molecule has 0 fully saturated rings. The number of rotatable bonds is 5. The summed E-state index contributed by atoms with van der Waals surface area (Å²) in [6.45, 7) is 8.35. The van der Waals surface area contributed by atoms with Crippen LogP contribution >= 0.6 is 22.9 Å². The fourth-order valence-corrected chi connectivity index (χ4v) is 2.21. The third-order valence-electron chi connectivity index (χ3n) is 2.40. The molecule has 0 N–H and O–H groups in total. The number of nitrogens with zero attached hydrogens (tertiary/aromatic N) is 1. The Hall–Kier alpha value is -0.120. The molecule has 1 unspecified atom stereocenters. The number of thiazole rings is 1. The number of hydrogen-bond donors (Lipinski definition) is 0. The van der Waals surface area contributed by atoms with E-state index in [1.807, 2.05) is 12.3 Å². The number of aromatic nitrogens is 1. The van der Waals surface area contributed by atoms with Crippen molar-refractivity contribution < 1.29 is 4.74 Å². The van der Waals surface area contributed by atoms with E-state index in [1.54, 1.807) is 11.3 Å². The van der Waals surface area contributed by atoms with Gasteiger partial charge in [-0.15, -0.1) is 22.9 Å². The molecule has 1 heterocycles. The van der Waals surface area contributed by atoms with E-state index >= 15 is 0 Å². The highest BCUT2D eigenvalue weighted by molar-refractivity contribution is 7.09. The van der Waals surface area contributed by atoms with Gasteiger partial charge in [-0.1, -0.05) is 6.92 Å². The lowest BCUT2D eigenvalue weighted by Gasteiger charge is -2.26. The zero-order chi connectivity index (χ0) is 11.5. The van der Waals surface area contributed by atoms with Crippen LogP contribution in [0.2, 0.25) is 0 Å². The van der Waals surface area contributed by atoms with E-state index in [0.717, 1.165) is 17.1 Å². The summed E-state index contributed by atoms with van der Waals surface area (Å²) in [7, 11) is 0. The van der Waals surface area contributed by atoms with Crippen LogP contribution in [0.25, 0.3) is 0 Å². The van der Waals surface area contributed by atoms with Gasteiger partial charge in [-0.2, -0.15) is 0 Å². The summed E-state index contributed by atoms with van der Waals surface area (Å²) < 4.78 is 5.94. The Balaban J connectivity index is 2.64. The Morgan fingerprint density at radius 3 is 2.73 bits per heavy atom. The van der Waals surface area contributed by atoms with E-state index in [-0.39, 0.29) is 11.7 Å². The van der Waals surface area contributed by atoms with Crippen LogP contribution in [0.3, 0.4) is 0 Å². The molecule has 1 aromatic rings. The molecule has 4 heteroatoms. The van der Waals surface area contributed by atoms with Crippen molar-refractivity contribution in [2.24, 2.45) is 0 Å². The van der Waals surface area contributed by atoms with Crippen molar-refractivity contribution in [1.82, 2.24) is 4.98 Å². The van der Waals surface area contributed by atoms with Crippen LogP contribution in [-0.2, 0) is 10.6 Å². The second kappa shape index (κ2) is 5.28. The Kier molecular flexibility index (Phi) is 4.56. The molecule has 0 aliphatic heterocycles. The van der Waals surface area contributed by atoms with Gasteiger partial charge in [-0.05, 0) is 27.2 Å². The molecule has 0 amide bonds. The second-order valence-corrected chi connectivity index (χ2v) is 5.34. The van der Waals surface area contributed by atoms with Crippen molar-refractivity contribution in [2.75, 3.05) is 0 Å². The first kappa shape index (κ1) is 12.9. The molecule has 15 heavy (non-hydrogen) atoms. The summed E-state index contributed by atoms with van der Waals surface area (Å²) in [5.74, 6) is 0.473. The molecule has 0 aromatic carbocycles. The highest BCUT2D eigenvalue weighted by atomic mass is 35.5. The average Bonchev–Trinajstić information content (AvgIpc) is 2.65. The van der Waals surface area contributed by atoms with Crippen molar-refractivity contribution in [2.45, 2.75) is 51.7 Å². The van der Waals surface area contributed by atoms with Crippen LogP contribution in [0.15, 0.2) is 5.38 Å². The van der Waals surface area contributed by atoms with Crippen molar-refractivity contribution in [3.63, 3.8) is 0 Å². The highest BCUT2D eigenvalue weighted by Gasteiger charge is 2.21. The van der Waals surface area contributed by atoms with Crippen LogP contribution < -0.4 is 0 Å². The first-order valence-electron chi connectivity index (χ1n) is 5.16. The Morgan fingerprint density at radius 2 is 2.27 bits per heavy atom. The van der Waals surface area contributed by atoms with Crippen LogP contribution in [0, 0.1) is 0 Å². The Bertz CT molecular complexity index is 311. The molecule has 0 radical (unpaired) electrons. The summed E-state index contributed by atoms with van der Waals surface area (Å²) in [4.78, 5) is 4.41. The van der Waals surface area contributed by atoms with Crippen molar-refractivity contribution in [3.8, 4) is 0 Å². The van der Waals surface area contributed by atoms with Gasteiger partial charge in [0.05, 0.1) is 17.2 Å². The summed E-state index contributed by atoms with van der Waals surface area (Å²) >= 11 is 7.32. The number of alkyl halides is 1. The topological polar surface area (TPSA) is 22.1 Å². The van der Waals surface area contributed by atoms with Crippen molar-refractivity contribution >= 4 is 22.9 Å². The number of halogens is 1. The van der Waals surface area contributed by atoms with Gasteiger partial charge < -0.3 is 4.74 Å². The molecule has 0 aliphatic rings. The largest absolute Gasteiger partial charge is 0.365 e. The van der Waals surface area contributed by atoms with Crippen LogP contribution in [0.4, 0.5) is 0 Å². The standard InChI is InChI=1S/C11H18ClNOS/c1-5-11(3,4)14-8(2)10-13-9(6-12)7-15-10/h7-8H,5-6H2,1-4H3. The Morgan fingerprint density at radius 1 is 1.60 bits per heavy atom. The van der Waals surface area contributed by atoms with Crippen LogP contribution in [0.1, 0.15) is 50.9 Å². The monoisotopic (exact) mass is 247 g/mol. The third-order valence-corrected chi connectivity index (χ3v) is 3.73. The average molecular weight is 248 g/mol. The van der Waals surface area contributed by atoms with E-state index in [0.29, 0.717) is 5.88 Å². The van der Waals surface area contributed by atoms with Crippen LogP contribution in [-0.4, -0.2) is 10.6 Å². The molecule has 1 rings (SSSR count). The van der Waals surface area contributed by atoms with E-state index in [1.165, 1.54) is 0 Å². The predicted octanol–water partition coefficient (Wildman–Crippen LogP) is 4.15. The predicted molar refractivity (Wildman–Crippen MR) is 65.5 cm³/mol. The van der Waals surface area contributed by atoms with Crippen molar-refractivity contribution in [1.29, 1.82) is 0 Å². The van der Waals surface area contributed by atoms with Gasteiger partial charge in [0.2, 0.25) is 0 Å². The summed E-state index contributed by atoms with van der Waals surface area (Å²) in [5.41, 5.74) is 0.841. The SMILES string of the molecule is CCC(C)(C)OC(C)c1nc(CCl)cs1. The lowest BCUT2D eigenvalue weighted by Crippen LogP contribution is -2.24. The Labute approximate surface area is 101 Å². The van der Waals surface area contributed by atoms with Gasteiger partial charge >= 0.3 is 0 Å². The third kappa shape index (κ3) is 3.74. The molecular weight excluding hydrogens is 230 g/mol. The fourth-order valence-electron chi connectivity index (χ4n) is 1.18. The van der Waals surface area contributed by atoms with Gasteiger partial charge in [0.25, 0.3) is 0 Å². The minimum Gasteiger partial charge on any atom is -0.365 e. The minimum atomic E-state index is -0.0911. The van der Waals surface area contributed by atoms with Gasteiger partial charge in [-0.3, -0.25) is 0 Å². The van der Waals surface area contributed by atoms with E-state index in [4.69, 9.17) is 16.3 Å². The number of hydrogen-bond acceptors (Lipinski definition) is 3. The van der Waals surface area contributed by atoms with Gasteiger partial charge in [0, 0.05) is 5.38 Å². The lowest BCUT2D eigenvalue weighted by atomic mass is 10.1. The summed E-state index contributed by atoms with van der Waals surface area (Å²) in [6.07, 6.45) is 1.03. The molecule has 0 aliphatic carbocycles. The van der Waals surface area contributed by atoms with Crippen LogP contribution in [0.5, 0.6) is 0 Å². The van der Waals surface area contributed by atoms with E-state index in [9.17, 15) is 0 Å². The highest BCUT2D eigenvalue weighted by Crippen LogP contribution is 2.28. The first-order chi connectivity index (χ1) is 6.98. The quantitative estimate of drug-likeness (QED) is 0.730. The number of ether oxygens (including phenoxy) is 1. The maximum atomic E-state index is 5.94. The molecule has 0 saturated heterocycles. The molecule has 86 valence electrons. The maximum absolute atomic E-state index is 5.94. The normalized spacial score (nSPS) is 14.2. The maximum Gasteiger partial charge on any atom is 0.122 e. The first-order valence-corrected chi connectivity index (χ1v) is 6.58. The van der Waals surface area contributed by atoms with Gasteiger partial charge in [0.1, 0.15) is 11.1 Å². The fraction of sp³-hybridized carbons (Fsp3) is 0.727. The molecule has 0 bridgehead atoms. The second-order valence-electron chi connectivity index (χ2n) is 4.18. The molecule has 2 nitrogen and oxygen atoms in total. The van der Waals surface area contributed by atoms with Crippen molar-refractivity contribution in [3.05, 3.63) is 16.1 Å². The van der Waals surface area contributed by atoms with Gasteiger partial charge in [-0.25, -0.2) is 4.98 Å². The zero-order valence-electron chi connectivity index (χ0n) is 9.71. The molecule has 0 spiro atoms. The van der Waals surface area contributed by atoms with E-state index < -0.39 is 0 Å². The zero-order valence-corrected chi connectivity index (χ0v) is 11.3. The smallest absolute Gasteiger partial charge is 0.122 e. The summed E-state index contributed by atoms with van der Waals surface area (Å²) in [6, 6.07) is 0. The molecule has 1 aromatic heterocycles. The summed E-state index contributed by atoms with van der Waals surface area (Å²) in [5, 5.41) is 2.99. The molecule has 0 saturated carbocycles. The van der Waals surface area contributed by atoms with Gasteiger partial charge in [0.15, 0.2) is 0 Å². The van der Waals surface area contributed by atoms with E-state index in [2.05, 4.69) is 25.8 Å².